The highest BCUT2D eigenvalue weighted by atomic mass is 32.2. The summed E-state index contributed by atoms with van der Waals surface area (Å²) in [5, 5.41) is 2.60. The second-order valence-electron chi connectivity index (χ2n) is 5.49. The Balaban J connectivity index is 2.42. The number of para-hydroxylation sites is 1. The van der Waals surface area contributed by atoms with Gasteiger partial charge in [-0.2, -0.15) is 4.31 Å². The predicted octanol–water partition coefficient (Wildman–Crippen LogP) is 1.36. The molecule has 25 heavy (non-hydrogen) atoms. The van der Waals surface area contributed by atoms with E-state index < -0.39 is 27.9 Å². The van der Waals surface area contributed by atoms with Crippen molar-refractivity contribution in [2.45, 2.75) is 6.04 Å². The molecular formula is C17H19N3O4S. The largest absolute Gasteiger partial charge is 0.366 e. The maximum atomic E-state index is 12.8. The molecule has 2 aromatic rings. The molecule has 0 radical (unpaired) electrons. The van der Waals surface area contributed by atoms with Crippen LogP contribution in [0.4, 0.5) is 5.69 Å². The number of nitrogens with one attached hydrogen (secondary N) is 1. The molecule has 7 nitrogen and oxygen atoms in total. The van der Waals surface area contributed by atoms with Crippen LogP contribution in [0.2, 0.25) is 0 Å². The summed E-state index contributed by atoms with van der Waals surface area (Å²) in [4.78, 5) is 24.3. The van der Waals surface area contributed by atoms with E-state index in [1.807, 2.05) is 0 Å². The Morgan fingerprint density at radius 1 is 1.04 bits per heavy atom. The standard InChI is InChI=1S/C17H19N3O4S/c1-20(25(2,23)24)15(12-8-4-3-5-9-12)17(22)19-14-11-7-6-10-13(14)16(18)21/h3-11,15H,1-2H3,(H2,18,21)(H,19,22)/t15-/m1/s1. The van der Waals surface area contributed by atoms with Crippen LogP contribution in [0.5, 0.6) is 0 Å². The fourth-order valence-corrected chi connectivity index (χ4v) is 2.96. The van der Waals surface area contributed by atoms with Gasteiger partial charge in [-0.25, -0.2) is 8.42 Å². The molecule has 1 atom stereocenters. The molecule has 2 aromatic carbocycles. The average molecular weight is 361 g/mol. The van der Waals surface area contributed by atoms with Gasteiger partial charge in [-0.3, -0.25) is 9.59 Å². The summed E-state index contributed by atoms with van der Waals surface area (Å²) in [6, 6.07) is 13.7. The van der Waals surface area contributed by atoms with E-state index >= 15 is 0 Å². The van der Waals surface area contributed by atoms with Crippen molar-refractivity contribution in [3.8, 4) is 0 Å². The van der Waals surface area contributed by atoms with Gasteiger partial charge in [0.25, 0.3) is 5.91 Å². The minimum Gasteiger partial charge on any atom is -0.366 e. The molecule has 0 bridgehead atoms. The van der Waals surface area contributed by atoms with E-state index in [1.54, 1.807) is 42.5 Å². The van der Waals surface area contributed by atoms with Gasteiger partial charge in [0.1, 0.15) is 6.04 Å². The average Bonchev–Trinajstić information content (AvgIpc) is 2.55. The van der Waals surface area contributed by atoms with Gasteiger partial charge in [-0.05, 0) is 17.7 Å². The van der Waals surface area contributed by atoms with E-state index in [-0.39, 0.29) is 11.3 Å². The first-order valence-electron chi connectivity index (χ1n) is 7.39. The van der Waals surface area contributed by atoms with E-state index in [9.17, 15) is 18.0 Å². The first-order valence-corrected chi connectivity index (χ1v) is 9.24. The number of nitrogens with zero attached hydrogens (tertiary/aromatic N) is 1. The molecule has 0 saturated heterocycles. The smallest absolute Gasteiger partial charge is 0.250 e. The molecule has 0 aliphatic rings. The van der Waals surface area contributed by atoms with Crippen LogP contribution in [0.25, 0.3) is 0 Å². The number of carbonyl (C=O) groups excluding carboxylic acids is 2. The van der Waals surface area contributed by atoms with Crippen LogP contribution >= 0.6 is 0 Å². The third-order valence-electron chi connectivity index (χ3n) is 3.70. The fraction of sp³-hybridized carbons (Fsp3) is 0.176. The van der Waals surface area contributed by atoms with E-state index in [0.29, 0.717) is 5.56 Å². The van der Waals surface area contributed by atoms with Crippen molar-refractivity contribution in [2.24, 2.45) is 5.73 Å². The molecule has 8 heteroatoms. The third-order valence-corrected chi connectivity index (χ3v) is 4.96. The van der Waals surface area contributed by atoms with Gasteiger partial charge in [0.05, 0.1) is 17.5 Å². The normalized spacial score (nSPS) is 12.6. The lowest BCUT2D eigenvalue weighted by atomic mass is 10.1. The minimum absolute atomic E-state index is 0.143. The van der Waals surface area contributed by atoms with Crippen LogP contribution in [0.15, 0.2) is 54.6 Å². The maximum Gasteiger partial charge on any atom is 0.250 e. The molecule has 0 aromatic heterocycles. The molecular weight excluding hydrogens is 342 g/mol. The molecule has 132 valence electrons. The Morgan fingerprint density at radius 2 is 1.60 bits per heavy atom. The topological polar surface area (TPSA) is 110 Å². The molecule has 0 unspecified atom stereocenters. The summed E-state index contributed by atoms with van der Waals surface area (Å²) >= 11 is 0. The lowest BCUT2D eigenvalue weighted by Crippen LogP contribution is -2.38. The van der Waals surface area contributed by atoms with Crippen molar-refractivity contribution in [3.05, 3.63) is 65.7 Å². The van der Waals surface area contributed by atoms with E-state index in [0.717, 1.165) is 10.6 Å². The summed E-state index contributed by atoms with van der Waals surface area (Å²) in [5.74, 6) is -1.28. The first-order chi connectivity index (χ1) is 11.7. The maximum absolute atomic E-state index is 12.8. The second kappa shape index (κ2) is 7.45. The number of likely N-dealkylation sites (N-methyl/N-ethyl adjacent to an activating group) is 1. The first kappa shape index (κ1) is 18.6. The van der Waals surface area contributed by atoms with Crippen LogP contribution < -0.4 is 11.1 Å². The quantitative estimate of drug-likeness (QED) is 0.809. The number of carbonyl (C=O) groups is 2. The number of hydrogen-bond acceptors (Lipinski definition) is 4. The molecule has 0 heterocycles. The van der Waals surface area contributed by atoms with Crippen molar-refractivity contribution >= 4 is 27.5 Å². The number of anilines is 1. The van der Waals surface area contributed by atoms with Crippen molar-refractivity contribution in [1.29, 1.82) is 0 Å². The lowest BCUT2D eigenvalue weighted by Gasteiger charge is -2.26. The van der Waals surface area contributed by atoms with Crippen molar-refractivity contribution in [3.63, 3.8) is 0 Å². The number of benzene rings is 2. The van der Waals surface area contributed by atoms with E-state index in [4.69, 9.17) is 5.73 Å². The highest BCUT2D eigenvalue weighted by Gasteiger charge is 2.31. The zero-order chi connectivity index (χ0) is 18.6. The SMILES string of the molecule is CN([C@@H](C(=O)Nc1ccccc1C(N)=O)c1ccccc1)S(C)(=O)=O. The van der Waals surface area contributed by atoms with Gasteiger partial charge in [-0.15, -0.1) is 0 Å². The van der Waals surface area contributed by atoms with Crippen molar-refractivity contribution in [2.75, 3.05) is 18.6 Å². The predicted molar refractivity (Wildman–Crippen MR) is 95.4 cm³/mol. The van der Waals surface area contributed by atoms with E-state index in [2.05, 4.69) is 5.32 Å². The van der Waals surface area contributed by atoms with Gasteiger partial charge in [0, 0.05) is 7.05 Å². The molecule has 0 aliphatic carbocycles. The van der Waals surface area contributed by atoms with Gasteiger partial charge < -0.3 is 11.1 Å². The summed E-state index contributed by atoms with van der Waals surface area (Å²) in [6.45, 7) is 0. The van der Waals surface area contributed by atoms with Crippen LogP contribution in [-0.4, -0.2) is 37.8 Å². The number of amides is 2. The molecule has 2 rings (SSSR count). The van der Waals surface area contributed by atoms with Crippen LogP contribution in [0.1, 0.15) is 22.0 Å². The van der Waals surface area contributed by atoms with Crippen LogP contribution in [0.3, 0.4) is 0 Å². The highest BCUT2D eigenvalue weighted by Crippen LogP contribution is 2.24. The molecule has 3 N–H and O–H groups in total. The Hall–Kier alpha value is -2.71. The van der Waals surface area contributed by atoms with Crippen molar-refractivity contribution in [1.82, 2.24) is 4.31 Å². The zero-order valence-corrected chi connectivity index (χ0v) is 14.7. The zero-order valence-electron chi connectivity index (χ0n) is 13.8. The van der Waals surface area contributed by atoms with Gasteiger partial charge in [0.15, 0.2) is 0 Å². The Morgan fingerprint density at radius 3 is 2.16 bits per heavy atom. The number of primary amides is 1. The number of rotatable bonds is 6. The van der Waals surface area contributed by atoms with Crippen molar-refractivity contribution < 1.29 is 18.0 Å². The summed E-state index contributed by atoms with van der Waals surface area (Å²) in [7, 11) is -2.31. The van der Waals surface area contributed by atoms with Crippen LogP contribution in [-0.2, 0) is 14.8 Å². The third kappa shape index (κ3) is 4.43. The van der Waals surface area contributed by atoms with Gasteiger partial charge in [-0.1, -0.05) is 42.5 Å². The minimum atomic E-state index is -3.63. The summed E-state index contributed by atoms with van der Waals surface area (Å²) in [6.07, 6.45) is 1.02. The second-order valence-corrected chi connectivity index (χ2v) is 7.53. The Bertz CT molecular complexity index is 882. The monoisotopic (exact) mass is 361 g/mol. The summed E-state index contributed by atoms with van der Waals surface area (Å²) in [5.41, 5.74) is 6.18. The van der Waals surface area contributed by atoms with Crippen LogP contribution in [0, 0.1) is 0 Å². The molecule has 0 fully saturated rings. The Kier molecular flexibility index (Phi) is 5.55. The summed E-state index contributed by atoms with van der Waals surface area (Å²) < 4.78 is 24.9. The molecule has 0 spiro atoms. The van der Waals surface area contributed by atoms with E-state index in [1.165, 1.54) is 19.2 Å². The molecule has 2 amide bonds. The number of sulfonamides is 1. The lowest BCUT2D eigenvalue weighted by molar-refractivity contribution is -0.119. The highest BCUT2D eigenvalue weighted by molar-refractivity contribution is 7.88. The fourth-order valence-electron chi connectivity index (χ4n) is 2.36. The van der Waals surface area contributed by atoms with Gasteiger partial charge >= 0.3 is 0 Å². The Labute approximate surface area is 146 Å². The number of hydrogen-bond donors (Lipinski definition) is 2. The molecule has 0 aliphatic heterocycles. The number of nitrogens with two attached hydrogens (primary N) is 1. The van der Waals surface area contributed by atoms with Gasteiger partial charge in [0.2, 0.25) is 15.9 Å². The molecule has 0 saturated carbocycles.